The van der Waals surface area contributed by atoms with Gasteiger partial charge in [0, 0.05) is 24.7 Å². The van der Waals surface area contributed by atoms with Crippen LogP contribution in [0.2, 0.25) is 10.0 Å². The van der Waals surface area contributed by atoms with Gasteiger partial charge in [-0.2, -0.15) is 0 Å². The van der Waals surface area contributed by atoms with Crippen LogP contribution in [0.25, 0.3) is 0 Å². The van der Waals surface area contributed by atoms with Crippen molar-refractivity contribution in [2.24, 2.45) is 5.73 Å². The number of nitrogens with zero attached hydrogens (tertiary/aromatic N) is 1. The summed E-state index contributed by atoms with van der Waals surface area (Å²) in [6, 6.07) is 13.3. The molecule has 0 aliphatic heterocycles. The molecule has 1 aliphatic rings. The highest BCUT2D eigenvalue weighted by atomic mass is 35.5. The molecular weight excluding hydrogens is 367 g/mol. The van der Waals surface area contributed by atoms with Crippen LogP contribution in [0.3, 0.4) is 0 Å². The Morgan fingerprint density at radius 3 is 2.21 bits per heavy atom. The summed E-state index contributed by atoms with van der Waals surface area (Å²) in [4.78, 5) is 14.7. The zero-order chi connectivity index (χ0) is 16.4. The normalized spacial score (nSPS) is 13.3. The van der Waals surface area contributed by atoms with Gasteiger partial charge in [0.2, 0.25) is 0 Å². The first-order valence-electron chi connectivity index (χ1n) is 7.62. The van der Waals surface area contributed by atoms with Crippen molar-refractivity contribution in [3.8, 4) is 0 Å². The third-order valence-electron chi connectivity index (χ3n) is 4.02. The van der Waals surface area contributed by atoms with Crippen molar-refractivity contribution in [1.29, 1.82) is 0 Å². The Morgan fingerprint density at radius 1 is 1.04 bits per heavy atom. The molecule has 1 saturated carbocycles. The number of rotatable bonds is 5. The number of carbonyl (C=O) groups is 1. The van der Waals surface area contributed by atoms with Crippen LogP contribution in [-0.2, 0) is 13.1 Å². The highest BCUT2D eigenvalue weighted by Crippen LogP contribution is 2.31. The molecule has 3 rings (SSSR count). The highest BCUT2D eigenvalue weighted by molar-refractivity contribution is 6.42. The molecule has 1 amide bonds. The molecule has 0 radical (unpaired) electrons. The zero-order valence-electron chi connectivity index (χ0n) is 13.0. The van der Waals surface area contributed by atoms with Gasteiger partial charge in [0.05, 0.1) is 10.0 Å². The Hall–Kier alpha value is -1.26. The predicted molar refractivity (Wildman–Crippen MR) is 101 cm³/mol. The number of hydrogen-bond acceptors (Lipinski definition) is 2. The van der Waals surface area contributed by atoms with Gasteiger partial charge < -0.3 is 10.6 Å². The third-order valence-corrected chi connectivity index (χ3v) is 4.76. The Labute approximate surface area is 158 Å². The standard InChI is InChI=1S/C18H18Cl2N2O.ClH/c19-16-8-3-13(9-17(16)20)11-22(15-6-7-15)18(23)14-4-1-12(10-21)2-5-14;/h1-5,8-9,15H,6-7,10-11,21H2;1H. The molecule has 2 aromatic carbocycles. The fourth-order valence-electron chi connectivity index (χ4n) is 2.54. The van der Waals surface area contributed by atoms with Crippen LogP contribution < -0.4 is 5.73 Å². The SMILES string of the molecule is Cl.NCc1ccc(C(=O)N(Cc2ccc(Cl)c(Cl)c2)C2CC2)cc1. The fraction of sp³-hybridized carbons (Fsp3) is 0.278. The molecular formula is C18H19Cl3N2O. The molecule has 3 nitrogen and oxygen atoms in total. The van der Waals surface area contributed by atoms with E-state index in [1.807, 2.05) is 41.3 Å². The smallest absolute Gasteiger partial charge is 0.254 e. The first-order valence-corrected chi connectivity index (χ1v) is 8.38. The Kier molecular flexibility index (Phi) is 6.53. The maximum absolute atomic E-state index is 12.8. The van der Waals surface area contributed by atoms with Crippen LogP contribution in [-0.4, -0.2) is 16.8 Å². The second-order valence-corrected chi connectivity index (χ2v) is 6.63. The molecule has 1 aliphatic carbocycles. The molecule has 6 heteroatoms. The quantitative estimate of drug-likeness (QED) is 0.812. The topological polar surface area (TPSA) is 46.3 Å². The summed E-state index contributed by atoms with van der Waals surface area (Å²) < 4.78 is 0. The van der Waals surface area contributed by atoms with Crippen molar-refractivity contribution in [3.63, 3.8) is 0 Å². The molecule has 24 heavy (non-hydrogen) atoms. The lowest BCUT2D eigenvalue weighted by Crippen LogP contribution is -2.32. The van der Waals surface area contributed by atoms with E-state index in [0.29, 0.717) is 34.7 Å². The summed E-state index contributed by atoms with van der Waals surface area (Å²) in [6.07, 6.45) is 2.10. The van der Waals surface area contributed by atoms with Crippen LogP contribution in [0.1, 0.15) is 34.3 Å². The first-order chi connectivity index (χ1) is 11.1. The number of carbonyl (C=O) groups excluding carboxylic acids is 1. The number of hydrogen-bond donors (Lipinski definition) is 1. The predicted octanol–water partition coefficient (Wildman–Crippen LogP) is 4.68. The van der Waals surface area contributed by atoms with Crippen molar-refractivity contribution < 1.29 is 4.79 Å². The molecule has 0 spiro atoms. The average Bonchev–Trinajstić information content (AvgIpc) is 3.40. The van der Waals surface area contributed by atoms with Crippen LogP contribution in [0.15, 0.2) is 42.5 Å². The van der Waals surface area contributed by atoms with E-state index in [-0.39, 0.29) is 18.3 Å². The lowest BCUT2D eigenvalue weighted by Gasteiger charge is -2.23. The van der Waals surface area contributed by atoms with Gasteiger partial charge in [-0.05, 0) is 48.2 Å². The van der Waals surface area contributed by atoms with Gasteiger partial charge in [0.1, 0.15) is 0 Å². The van der Waals surface area contributed by atoms with E-state index >= 15 is 0 Å². The summed E-state index contributed by atoms with van der Waals surface area (Å²) in [5.74, 6) is 0.0437. The number of benzene rings is 2. The lowest BCUT2D eigenvalue weighted by molar-refractivity contribution is 0.0730. The molecule has 0 bridgehead atoms. The third kappa shape index (κ3) is 4.42. The van der Waals surface area contributed by atoms with E-state index in [9.17, 15) is 4.79 Å². The maximum atomic E-state index is 12.8. The second kappa shape index (κ2) is 8.21. The van der Waals surface area contributed by atoms with Gasteiger partial charge in [0.25, 0.3) is 5.91 Å². The summed E-state index contributed by atoms with van der Waals surface area (Å²) in [6.45, 7) is 1.02. The minimum Gasteiger partial charge on any atom is -0.331 e. The molecule has 0 aromatic heterocycles. The summed E-state index contributed by atoms with van der Waals surface area (Å²) in [7, 11) is 0. The van der Waals surface area contributed by atoms with E-state index < -0.39 is 0 Å². The van der Waals surface area contributed by atoms with Gasteiger partial charge in [-0.25, -0.2) is 0 Å². The van der Waals surface area contributed by atoms with Gasteiger partial charge >= 0.3 is 0 Å². The molecule has 0 saturated heterocycles. The zero-order valence-corrected chi connectivity index (χ0v) is 15.4. The highest BCUT2D eigenvalue weighted by Gasteiger charge is 2.33. The minimum atomic E-state index is 0. The molecule has 2 N–H and O–H groups in total. The van der Waals surface area contributed by atoms with Crippen molar-refractivity contribution in [2.75, 3.05) is 0 Å². The minimum absolute atomic E-state index is 0. The van der Waals surface area contributed by atoms with E-state index in [1.165, 1.54) is 0 Å². The van der Waals surface area contributed by atoms with E-state index in [1.54, 1.807) is 6.07 Å². The van der Waals surface area contributed by atoms with Crippen LogP contribution >= 0.6 is 35.6 Å². The molecule has 2 aromatic rings. The summed E-state index contributed by atoms with van der Waals surface area (Å²) >= 11 is 12.0. The van der Waals surface area contributed by atoms with Gasteiger partial charge in [0.15, 0.2) is 0 Å². The Bertz CT molecular complexity index is 715. The largest absolute Gasteiger partial charge is 0.331 e. The molecule has 0 unspecified atom stereocenters. The van der Waals surface area contributed by atoms with Crippen molar-refractivity contribution in [3.05, 3.63) is 69.2 Å². The van der Waals surface area contributed by atoms with E-state index in [2.05, 4.69) is 0 Å². The lowest BCUT2D eigenvalue weighted by atomic mass is 10.1. The monoisotopic (exact) mass is 384 g/mol. The van der Waals surface area contributed by atoms with Crippen molar-refractivity contribution >= 4 is 41.5 Å². The molecule has 0 heterocycles. The van der Waals surface area contributed by atoms with Gasteiger partial charge in [-0.3, -0.25) is 4.79 Å². The Morgan fingerprint density at radius 2 is 1.67 bits per heavy atom. The molecule has 0 atom stereocenters. The van der Waals surface area contributed by atoms with Gasteiger partial charge in [-0.1, -0.05) is 41.4 Å². The summed E-state index contributed by atoms with van der Waals surface area (Å²) in [5.41, 5.74) is 8.30. The second-order valence-electron chi connectivity index (χ2n) is 5.81. The number of amides is 1. The van der Waals surface area contributed by atoms with Crippen molar-refractivity contribution in [2.45, 2.75) is 32.0 Å². The van der Waals surface area contributed by atoms with Crippen LogP contribution in [0.5, 0.6) is 0 Å². The number of nitrogens with two attached hydrogens (primary N) is 1. The fourth-order valence-corrected chi connectivity index (χ4v) is 2.86. The van der Waals surface area contributed by atoms with Gasteiger partial charge in [-0.15, -0.1) is 12.4 Å². The molecule has 1 fully saturated rings. The van der Waals surface area contributed by atoms with Crippen LogP contribution in [0, 0.1) is 0 Å². The average molecular weight is 386 g/mol. The van der Waals surface area contributed by atoms with E-state index in [0.717, 1.165) is 24.0 Å². The summed E-state index contributed by atoms with van der Waals surface area (Å²) in [5, 5.41) is 1.04. The van der Waals surface area contributed by atoms with Crippen LogP contribution in [0.4, 0.5) is 0 Å². The Balaban J connectivity index is 0.00000208. The molecule has 128 valence electrons. The van der Waals surface area contributed by atoms with E-state index in [4.69, 9.17) is 28.9 Å². The number of halogens is 3. The first kappa shape index (κ1) is 19.1. The maximum Gasteiger partial charge on any atom is 0.254 e. The van der Waals surface area contributed by atoms with Crippen molar-refractivity contribution in [1.82, 2.24) is 4.90 Å².